The molecule has 0 fully saturated rings. The number of Topliss-reactive ketones (excluding diaryl/α,β-unsaturated/α-hetero) is 1. The summed E-state index contributed by atoms with van der Waals surface area (Å²) in [6.45, 7) is 0.877. The highest BCUT2D eigenvalue weighted by Crippen LogP contribution is 1.96. The minimum absolute atomic E-state index is 0.715. The summed E-state index contributed by atoms with van der Waals surface area (Å²) in [5.41, 5.74) is 0. The van der Waals surface area contributed by atoms with Crippen LogP contribution in [0.5, 0.6) is 0 Å². The van der Waals surface area contributed by atoms with Gasteiger partial charge in [0.1, 0.15) is 5.78 Å². The van der Waals surface area contributed by atoms with Gasteiger partial charge in [0, 0.05) is 20.5 Å². The molecule has 48 valence electrons. The minimum atomic E-state index is -2.95. The molecule has 0 aromatic heterocycles. The summed E-state index contributed by atoms with van der Waals surface area (Å²) in [4.78, 5) is 10.8. The largest absolute Gasteiger partial charge is 0.300 e. The summed E-state index contributed by atoms with van der Waals surface area (Å²) in [7, 11) is 0. The first-order chi connectivity index (χ1) is 6.00. The third kappa shape index (κ3) is 5.96. The average Bonchev–Trinajstić information content (AvgIpc) is 2.03. The normalized spacial score (nSPS) is 25.8. The zero-order chi connectivity index (χ0) is 11.8. The molecule has 2 heteroatoms. The number of alkyl halides is 1. The van der Waals surface area contributed by atoms with Crippen molar-refractivity contribution >= 4 is 17.4 Å². The molecule has 0 aliphatic heterocycles. The van der Waals surface area contributed by atoms with Crippen LogP contribution in [-0.2, 0) is 4.79 Å². The van der Waals surface area contributed by atoms with Gasteiger partial charge in [0.25, 0.3) is 0 Å². The van der Waals surface area contributed by atoms with Crippen LogP contribution in [0.1, 0.15) is 34.3 Å². The summed E-state index contributed by atoms with van der Waals surface area (Å²) < 4.78 is 43.3. The Morgan fingerprint density at radius 3 is 2.75 bits per heavy atom. The fourth-order valence-corrected chi connectivity index (χ4v) is 0.232. The molecule has 0 saturated heterocycles. The van der Waals surface area contributed by atoms with Crippen molar-refractivity contribution in [1.82, 2.24) is 0 Å². The van der Waals surface area contributed by atoms with Gasteiger partial charge < -0.3 is 4.79 Å². The molecule has 0 aliphatic rings. The van der Waals surface area contributed by atoms with Crippen molar-refractivity contribution in [3.63, 3.8) is 0 Å². The molecule has 0 atom stereocenters. The molecular formula is C6H11ClO. The summed E-state index contributed by atoms with van der Waals surface area (Å²) in [6, 6.07) is 0. The van der Waals surface area contributed by atoms with Crippen LogP contribution in [0, 0.1) is 0 Å². The molecule has 0 N–H and O–H groups in total. The van der Waals surface area contributed by atoms with E-state index in [1.807, 2.05) is 0 Å². The van der Waals surface area contributed by atoms with Crippen LogP contribution in [0.15, 0.2) is 0 Å². The first-order valence-electron chi connectivity index (χ1n) is 5.07. The lowest BCUT2D eigenvalue weighted by molar-refractivity contribution is -0.117. The van der Waals surface area contributed by atoms with Crippen molar-refractivity contribution in [2.45, 2.75) is 26.0 Å². The van der Waals surface area contributed by atoms with Crippen molar-refractivity contribution in [2.24, 2.45) is 0 Å². The lowest BCUT2D eigenvalue weighted by Gasteiger charge is -1.89. The standard InChI is InChI=1S/C6H11ClO/c1-6(8)4-2-3-5-7/h2-5H2,1H3/i2D2,3D2,4D2. The Bertz CT molecular complexity index is 238. The third-order valence-electron chi connectivity index (χ3n) is 0.394. The molecule has 8 heavy (non-hydrogen) atoms. The summed E-state index contributed by atoms with van der Waals surface area (Å²) in [5, 5.41) is 0. The van der Waals surface area contributed by atoms with Gasteiger partial charge in [-0.15, -0.1) is 11.6 Å². The highest BCUT2D eigenvalue weighted by atomic mass is 35.5. The molecule has 0 rings (SSSR count). The summed E-state index contributed by atoms with van der Waals surface area (Å²) in [6.07, 6.45) is -8.43. The Labute approximate surface area is 63.5 Å². The Balaban J connectivity index is 5.24. The molecule has 0 spiro atoms. The molecular weight excluding hydrogens is 124 g/mol. The molecule has 1 nitrogen and oxygen atoms in total. The SMILES string of the molecule is [2H]C([2H])(CCl)C([2H])([2H])C([2H])([2H])C(C)=O. The molecule has 0 bridgehead atoms. The second kappa shape index (κ2) is 5.10. The predicted molar refractivity (Wildman–Crippen MR) is 35.3 cm³/mol. The molecule has 0 aliphatic carbocycles. The smallest absolute Gasteiger partial charge is 0.129 e. The molecule has 0 saturated carbocycles. The van der Waals surface area contributed by atoms with Crippen molar-refractivity contribution in [1.29, 1.82) is 0 Å². The third-order valence-corrected chi connectivity index (χ3v) is 0.527. The van der Waals surface area contributed by atoms with Crippen molar-refractivity contribution in [3.8, 4) is 0 Å². The van der Waals surface area contributed by atoms with Gasteiger partial charge in [0.2, 0.25) is 0 Å². The molecule has 0 aromatic rings. The van der Waals surface area contributed by atoms with Gasteiger partial charge in [-0.2, -0.15) is 0 Å². The van der Waals surface area contributed by atoms with Gasteiger partial charge in [0.15, 0.2) is 0 Å². The number of rotatable bonds is 4. The van der Waals surface area contributed by atoms with E-state index in [2.05, 4.69) is 0 Å². The van der Waals surface area contributed by atoms with Crippen LogP contribution >= 0.6 is 11.6 Å². The highest BCUT2D eigenvalue weighted by molar-refractivity contribution is 6.17. The molecule has 0 amide bonds. The van der Waals surface area contributed by atoms with Crippen LogP contribution in [-0.4, -0.2) is 11.7 Å². The van der Waals surface area contributed by atoms with Crippen LogP contribution < -0.4 is 0 Å². The minimum Gasteiger partial charge on any atom is -0.300 e. The first-order valence-corrected chi connectivity index (χ1v) is 2.61. The second-order valence-corrected chi connectivity index (χ2v) is 1.38. The van der Waals surface area contributed by atoms with Crippen LogP contribution in [0.2, 0.25) is 0 Å². The molecule has 0 heterocycles. The topological polar surface area (TPSA) is 17.1 Å². The van der Waals surface area contributed by atoms with E-state index in [-0.39, 0.29) is 0 Å². The van der Waals surface area contributed by atoms with Gasteiger partial charge >= 0.3 is 0 Å². The van der Waals surface area contributed by atoms with Gasteiger partial charge in [-0.05, 0) is 19.7 Å². The lowest BCUT2D eigenvalue weighted by atomic mass is 10.2. The zero-order valence-corrected chi connectivity index (χ0v) is 5.25. The second-order valence-electron chi connectivity index (χ2n) is 1.12. The van der Waals surface area contributed by atoms with Gasteiger partial charge in [-0.25, -0.2) is 0 Å². The Kier molecular flexibility index (Phi) is 1.46. The van der Waals surface area contributed by atoms with Crippen LogP contribution in [0.4, 0.5) is 0 Å². The Hall–Kier alpha value is -0.0400. The fraction of sp³-hybridized carbons (Fsp3) is 0.833. The average molecular weight is 141 g/mol. The number of carbonyl (C=O) groups is 1. The highest BCUT2D eigenvalue weighted by Gasteiger charge is 1.90. The van der Waals surface area contributed by atoms with Crippen LogP contribution in [0.25, 0.3) is 0 Å². The van der Waals surface area contributed by atoms with Crippen molar-refractivity contribution in [2.75, 3.05) is 5.88 Å². The maximum atomic E-state index is 10.8. The van der Waals surface area contributed by atoms with E-state index in [0.29, 0.717) is 0 Å². The predicted octanol–water partition coefficient (Wildman–Crippen LogP) is 1.98. The molecule has 0 radical (unpaired) electrons. The van der Waals surface area contributed by atoms with Gasteiger partial charge in [-0.1, -0.05) is 0 Å². The number of hydrogen-bond acceptors (Lipinski definition) is 1. The maximum Gasteiger partial charge on any atom is 0.129 e. The lowest BCUT2D eigenvalue weighted by Crippen LogP contribution is -1.88. The van der Waals surface area contributed by atoms with E-state index in [1.54, 1.807) is 0 Å². The summed E-state index contributed by atoms with van der Waals surface area (Å²) in [5.74, 6) is -1.77. The maximum absolute atomic E-state index is 10.8. The Morgan fingerprint density at radius 2 is 2.38 bits per heavy atom. The fourth-order valence-electron chi connectivity index (χ4n) is 0.166. The first kappa shape index (κ1) is 2.30. The van der Waals surface area contributed by atoms with E-state index in [1.165, 1.54) is 0 Å². The number of hydrogen-bond donors (Lipinski definition) is 0. The number of ketones is 1. The summed E-state index contributed by atoms with van der Waals surface area (Å²) >= 11 is 5.20. The van der Waals surface area contributed by atoms with E-state index < -0.39 is 30.8 Å². The van der Waals surface area contributed by atoms with Gasteiger partial charge in [0.05, 0.1) is 0 Å². The van der Waals surface area contributed by atoms with E-state index in [0.717, 1.165) is 6.92 Å². The van der Waals surface area contributed by atoms with Crippen molar-refractivity contribution in [3.05, 3.63) is 0 Å². The van der Waals surface area contributed by atoms with Gasteiger partial charge in [-0.3, -0.25) is 0 Å². The zero-order valence-electron chi connectivity index (χ0n) is 10.5. The van der Waals surface area contributed by atoms with Crippen molar-refractivity contribution < 1.29 is 13.0 Å². The number of halogens is 1. The van der Waals surface area contributed by atoms with E-state index in [9.17, 15) is 4.79 Å². The monoisotopic (exact) mass is 140 g/mol. The Morgan fingerprint density at radius 1 is 1.75 bits per heavy atom. The van der Waals surface area contributed by atoms with E-state index in [4.69, 9.17) is 19.8 Å². The molecule has 0 aromatic carbocycles. The quantitative estimate of drug-likeness (QED) is 0.546. The number of carbonyl (C=O) groups excluding carboxylic acids is 1. The van der Waals surface area contributed by atoms with Crippen LogP contribution in [0.3, 0.4) is 0 Å². The molecule has 0 unspecified atom stereocenters. The van der Waals surface area contributed by atoms with E-state index >= 15 is 0 Å².